The molecule has 2 heterocycles. The molecule has 0 atom stereocenters. The Bertz CT molecular complexity index is 901. The monoisotopic (exact) mass is 350 g/mol. The quantitative estimate of drug-likeness (QED) is 0.857. The van der Waals surface area contributed by atoms with Crippen LogP contribution in [0, 0.1) is 17.6 Å². The Balaban J connectivity index is 1.61. The zero-order chi connectivity index (χ0) is 18.0. The molecule has 0 radical (unpaired) electrons. The molecule has 1 amide bonds. The molecule has 1 saturated heterocycles. The van der Waals surface area contributed by atoms with Gasteiger partial charge in [-0.3, -0.25) is 14.6 Å². The van der Waals surface area contributed by atoms with Crippen molar-refractivity contribution in [2.24, 2.45) is 5.92 Å². The molecule has 132 valence electrons. The first kappa shape index (κ1) is 17.0. The zero-order valence-corrected chi connectivity index (χ0v) is 13.2. The summed E-state index contributed by atoms with van der Waals surface area (Å²) in [6, 6.07) is 3.85. The van der Waals surface area contributed by atoms with Gasteiger partial charge in [0.15, 0.2) is 11.6 Å². The van der Waals surface area contributed by atoms with Crippen LogP contribution in [-0.4, -0.2) is 39.1 Å². The van der Waals surface area contributed by atoms with Crippen LogP contribution in [0.1, 0.15) is 28.9 Å². The predicted molar refractivity (Wildman–Crippen MR) is 84.2 cm³/mol. The van der Waals surface area contributed by atoms with Gasteiger partial charge in [-0.15, -0.1) is 0 Å². The van der Waals surface area contributed by atoms with Crippen molar-refractivity contribution in [2.45, 2.75) is 19.3 Å². The maximum absolute atomic E-state index is 13.3. The molecule has 2 N–H and O–H groups in total. The highest BCUT2D eigenvalue weighted by atomic mass is 19.2. The van der Waals surface area contributed by atoms with Gasteiger partial charge in [0.25, 0.3) is 11.5 Å². The minimum absolute atomic E-state index is 0.232. The second kappa shape index (κ2) is 6.96. The molecule has 0 saturated carbocycles. The summed E-state index contributed by atoms with van der Waals surface area (Å²) in [4.78, 5) is 38.4. The van der Waals surface area contributed by atoms with Crippen molar-refractivity contribution in [3.8, 4) is 0 Å². The molecule has 1 aliphatic heterocycles. The van der Waals surface area contributed by atoms with Crippen LogP contribution in [0.3, 0.4) is 0 Å². The molecule has 9 heteroatoms. The lowest BCUT2D eigenvalue weighted by molar-refractivity contribution is 0.0681. The van der Waals surface area contributed by atoms with Gasteiger partial charge in [-0.2, -0.15) is 5.10 Å². The van der Waals surface area contributed by atoms with Crippen LogP contribution in [0.5, 0.6) is 0 Å². The smallest absolute Gasteiger partial charge is 0.337 e. The Morgan fingerprint density at radius 2 is 1.92 bits per heavy atom. The Hall–Kier alpha value is -2.84. The van der Waals surface area contributed by atoms with Gasteiger partial charge in [0, 0.05) is 13.1 Å². The van der Waals surface area contributed by atoms with Gasteiger partial charge in [0.1, 0.15) is 0 Å². The van der Waals surface area contributed by atoms with Gasteiger partial charge < -0.3 is 4.90 Å². The summed E-state index contributed by atoms with van der Waals surface area (Å²) in [5, 5.41) is 5.55. The van der Waals surface area contributed by atoms with Crippen molar-refractivity contribution in [3.05, 3.63) is 61.9 Å². The van der Waals surface area contributed by atoms with E-state index in [1.165, 1.54) is 11.0 Å². The van der Waals surface area contributed by atoms with Crippen molar-refractivity contribution in [3.63, 3.8) is 0 Å². The number of H-pyrrole nitrogens is 2. The average Bonchev–Trinajstić information content (AvgIpc) is 2.58. The van der Waals surface area contributed by atoms with E-state index >= 15 is 0 Å². The maximum Gasteiger partial charge on any atom is 0.342 e. The number of amides is 1. The number of aromatic nitrogens is 3. The number of rotatable bonds is 3. The van der Waals surface area contributed by atoms with Crippen molar-refractivity contribution >= 4 is 5.91 Å². The van der Waals surface area contributed by atoms with Crippen LogP contribution in [-0.2, 0) is 6.42 Å². The molecule has 25 heavy (non-hydrogen) atoms. The van der Waals surface area contributed by atoms with Gasteiger partial charge in [0.2, 0.25) is 5.69 Å². The largest absolute Gasteiger partial charge is 0.342 e. The Morgan fingerprint density at radius 1 is 1.20 bits per heavy atom. The van der Waals surface area contributed by atoms with E-state index in [1.807, 2.05) is 10.1 Å². The average molecular weight is 350 g/mol. The van der Waals surface area contributed by atoms with E-state index < -0.39 is 28.8 Å². The van der Waals surface area contributed by atoms with E-state index in [9.17, 15) is 23.2 Å². The lowest BCUT2D eigenvalue weighted by atomic mass is 9.90. The van der Waals surface area contributed by atoms with E-state index in [2.05, 4.69) is 5.10 Å². The molecular weight excluding hydrogens is 334 g/mol. The fraction of sp³-hybridized carbons (Fsp3) is 0.375. The molecule has 1 aliphatic rings. The number of hydrogen-bond acceptors (Lipinski definition) is 4. The lowest BCUT2D eigenvalue weighted by Gasteiger charge is -2.31. The highest BCUT2D eigenvalue weighted by Gasteiger charge is 2.26. The van der Waals surface area contributed by atoms with Crippen LogP contribution in [0.4, 0.5) is 8.78 Å². The van der Waals surface area contributed by atoms with Crippen molar-refractivity contribution in [1.82, 2.24) is 20.1 Å². The molecule has 0 unspecified atom stereocenters. The highest BCUT2D eigenvalue weighted by Crippen LogP contribution is 2.23. The first-order valence-corrected chi connectivity index (χ1v) is 7.86. The number of halogens is 2. The van der Waals surface area contributed by atoms with E-state index in [4.69, 9.17) is 0 Å². The standard InChI is InChI=1S/C16H16F2N4O3/c17-11-2-1-10(8-12(11)18)7-9-3-5-22(6-4-9)15(24)13-14(23)19-16(25)21-20-13/h1-2,8-9H,3-7H2,(H2,19,21,23,25). The van der Waals surface area contributed by atoms with Gasteiger partial charge in [0.05, 0.1) is 0 Å². The Labute approximate surface area is 140 Å². The van der Waals surface area contributed by atoms with Gasteiger partial charge in [-0.05, 0) is 42.9 Å². The molecule has 1 aromatic heterocycles. The number of hydrogen-bond donors (Lipinski definition) is 2. The number of carbonyl (C=O) groups is 1. The summed E-state index contributed by atoms with van der Waals surface area (Å²) in [5.41, 5.74) is -1.23. The Morgan fingerprint density at radius 3 is 2.56 bits per heavy atom. The van der Waals surface area contributed by atoms with E-state index in [1.54, 1.807) is 6.07 Å². The van der Waals surface area contributed by atoms with Gasteiger partial charge in [-0.25, -0.2) is 18.7 Å². The summed E-state index contributed by atoms with van der Waals surface area (Å²) in [5.74, 6) is -2.05. The van der Waals surface area contributed by atoms with Crippen LogP contribution in [0.25, 0.3) is 0 Å². The van der Waals surface area contributed by atoms with Crippen LogP contribution >= 0.6 is 0 Å². The van der Waals surface area contributed by atoms with Crippen molar-refractivity contribution in [2.75, 3.05) is 13.1 Å². The third kappa shape index (κ3) is 3.81. The number of carbonyl (C=O) groups excluding carboxylic acids is 1. The topological polar surface area (TPSA) is 98.9 Å². The van der Waals surface area contributed by atoms with Gasteiger partial charge >= 0.3 is 5.69 Å². The summed E-state index contributed by atoms with van der Waals surface area (Å²) >= 11 is 0. The number of nitrogens with zero attached hydrogens (tertiary/aromatic N) is 2. The number of benzene rings is 1. The first-order chi connectivity index (χ1) is 11.9. The number of aromatic amines is 2. The van der Waals surface area contributed by atoms with E-state index in [0.29, 0.717) is 37.9 Å². The first-order valence-electron chi connectivity index (χ1n) is 7.86. The number of likely N-dealkylation sites (tertiary alicyclic amines) is 1. The molecule has 0 aliphatic carbocycles. The highest BCUT2D eigenvalue weighted by molar-refractivity contribution is 5.91. The third-order valence-electron chi connectivity index (χ3n) is 4.32. The summed E-state index contributed by atoms with van der Waals surface area (Å²) in [6.45, 7) is 0.848. The van der Waals surface area contributed by atoms with Crippen LogP contribution < -0.4 is 11.2 Å². The third-order valence-corrected chi connectivity index (χ3v) is 4.32. The maximum atomic E-state index is 13.3. The van der Waals surface area contributed by atoms with Crippen molar-refractivity contribution < 1.29 is 13.6 Å². The molecule has 0 bridgehead atoms. The van der Waals surface area contributed by atoms with E-state index in [0.717, 1.165) is 6.07 Å². The SMILES string of the molecule is O=C(c1n[nH]c(=O)[nH]c1=O)N1CCC(Cc2ccc(F)c(F)c2)CC1. The van der Waals surface area contributed by atoms with Crippen molar-refractivity contribution in [1.29, 1.82) is 0 Å². The molecular formula is C16H16F2N4O3. The summed E-state index contributed by atoms with van der Waals surface area (Å²) in [6.07, 6.45) is 1.94. The van der Waals surface area contributed by atoms with Crippen LogP contribution in [0.2, 0.25) is 0 Å². The van der Waals surface area contributed by atoms with E-state index in [-0.39, 0.29) is 11.6 Å². The fourth-order valence-corrected chi connectivity index (χ4v) is 2.98. The fourth-order valence-electron chi connectivity index (χ4n) is 2.98. The van der Waals surface area contributed by atoms with Crippen LogP contribution in [0.15, 0.2) is 27.8 Å². The number of piperidine rings is 1. The second-order valence-corrected chi connectivity index (χ2v) is 6.04. The molecule has 3 rings (SSSR count). The summed E-state index contributed by atoms with van der Waals surface area (Å²) in [7, 11) is 0. The molecule has 7 nitrogen and oxygen atoms in total. The second-order valence-electron chi connectivity index (χ2n) is 6.04. The molecule has 2 aromatic rings. The molecule has 1 aromatic carbocycles. The summed E-state index contributed by atoms with van der Waals surface area (Å²) < 4.78 is 26.2. The normalized spacial score (nSPS) is 15.4. The minimum atomic E-state index is -0.872. The minimum Gasteiger partial charge on any atom is -0.337 e. The van der Waals surface area contributed by atoms with Gasteiger partial charge in [-0.1, -0.05) is 6.07 Å². The molecule has 1 fully saturated rings. The lowest BCUT2D eigenvalue weighted by Crippen LogP contribution is -2.42. The number of nitrogens with one attached hydrogen (secondary N) is 2. The predicted octanol–water partition coefficient (Wildman–Crippen LogP) is 0.831. The zero-order valence-electron chi connectivity index (χ0n) is 13.2. The molecule has 0 spiro atoms. The Kier molecular flexibility index (Phi) is 4.73.